The van der Waals surface area contributed by atoms with Crippen LogP contribution in [0.2, 0.25) is 0 Å². The van der Waals surface area contributed by atoms with Gasteiger partial charge in [-0.15, -0.1) is 0 Å². The molecule has 0 saturated heterocycles. The lowest BCUT2D eigenvalue weighted by Crippen LogP contribution is -2.00. The topological polar surface area (TPSA) is 63.6 Å². The first-order chi connectivity index (χ1) is 12.7. The van der Waals surface area contributed by atoms with Crippen LogP contribution in [0.25, 0.3) is 11.3 Å². The number of aromatic nitrogens is 1. The number of hydrazone groups is 1. The van der Waals surface area contributed by atoms with Crippen molar-refractivity contribution in [1.82, 2.24) is 4.98 Å². The molecule has 26 heavy (non-hydrogen) atoms. The van der Waals surface area contributed by atoms with E-state index < -0.39 is 5.97 Å². The minimum Gasteiger partial charge on any atom is -0.465 e. The Labute approximate surface area is 156 Å². The molecule has 0 radical (unpaired) electrons. The van der Waals surface area contributed by atoms with E-state index in [1.165, 1.54) is 24.0 Å². The molecule has 0 bridgehead atoms. The molecule has 132 valence electrons. The predicted molar refractivity (Wildman–Crippen MR) is 106 cm³/mol. The standard InChI is InChI=1S/C20H19N3O2S/c1-3-14-9-11-15(12-10-14)13-21-23-20-22-17(16-7-5-4-6-8-16)18(26-20)19(24)25-2/h4-13H,3H2,1-2H3,(H,22,23)/b21-13-. The fourth-order valence-corrected chi connectivity index (χ4v) is 3.25. The monoisotopic (exact) mass is 365 g/mol. The van der Waals surface area contributed by atoms with Crippen LogP contribution in [-0.4, -0.2) is 24.3 Å². The van der Waals surface area contributed by atoms with Crippen LogP contribution < -0.4 is 5.43 Å². The molecule has 0 saturated carbocycles. The second kappa shape index (κ2) is 8.40. The van der Waals surface area contributed by atoms with E-state index in [9.17, 15) is 4.79 Å². The molecule has 0 fully saturated rings. The van der Waals surface area contributed by atoms with Crippen molar-refractivity contribution in [3.8, 4) is 11.3 Å². The zero-order valence-electron chi connectivity index (χ0n) is 14.6. The number of methoxy groups -OCH3 is 1. The van der Waals surface area contributed by atoms with E-state index in [0.29, 0.717) is 15.7 Å². The van der Waals surface area contributed by atoms with Crippen LogP contribution in [-0.2, 0) is 11.2 Å². The number of carbonyl (C=O) groups excluding carboxylic acids is 1. The molecule has 0 amide bonds. The van der Waals surface area contributed by atoms with Crippen LogP contribution in [0.1, 0.15) is 27.7 Å². The molecule has 1 aromatic heterocycles. The van der Waals surface area contributed by atoms with Crippen molar-refractivity contribution >= 4 is 28.7 Å². The first-order valence-corrected chi connectivity index (χ1v) is 9.05. The molecule has 0 aliphatic heterocycles. The molecule has 3 rings (SSSR count). The number of thiazole rings is 1. The summed E-state index contributed by atoms with van der Waals surface area (Å²) in [6.07, 6.45) is 2.73. The Morgan fingerprint density at radius 2 is 1.92 bits per heavy atom. The van der Waals surface area contributed by atoms with Gasteiger partial charge in [0, 0.05) is 5.56 Å². The number of hydrogen-bond donors (Lipinski definition) is 1. The summed E-state index contributed by atoms with van der Waals surface area (Å²) in [5.74, 6) is -0.409. The highest BCUT2D eigenvalue weighted by Gasteiger charge is 2.19. The molecule has 0 aliphatic rings. The SMILES string of the molecule is CCc1ccc(/C=N\Nc2nc(-c3ccccc3)c(C(=O)OC)s2)cc1. The second-order valence-electron chi connectivity index (χ2n) is 5.52. The lowest BCUT2D eigenvalue weighted by molar-refractivity contribution is 0.0607. The summed E-state index contributed by atoms with van der Waals surface area (Å²) < 4.78 is 4.87. The molecule has 0 unspecified atom stereocenters. The zero-order chi connectivity index (χ0) is 18.4. The van der Waals surface area contributed by atoms with E-state index in [4.69, 9.17) is 4.74 Å². The van der Waals surface area contributed by atoms with Crippen molar-refractivity contribution in [2.75, 3.05) is 12.5 Å². The number of benzene rings is 2. The van der Waals surface area contributed by atoms with Crippen molar-refractivity contribution in [2.45, 2.75) is 13.3 Å². The van der Waals surface area contributed by atoms with Gasteiger partial charge in [0.05, 0.1) is 19.0 Å². The van der Waals surface area contributed by atoms with Gasteiger partial charge in [0.25, 0.3) is 0 Å². The molecule has 0 atom stereocenters. The molecule has 2 aromatic carbocycles. The van der Waals surface area contributed by atoms with Crippen LogP contribution in [0, 0.1) is 0 Å². The molecule has 6 heteroatoms. The molecule has 3 aromatic rings. The smallest absolute Gasteiger partial charge is 0.350 e. The molecule has 0 aliphatic carbocycles. The maximum atomic E-state index is 12.1. The van der Waals surface area contributed by atoms with Gasteiger partial charge >= 0.3 is 5.97 Å². The summed E-state index contributed by atoms with van der Waals surface area (Å²) in [6.45, 7) is 2.12. The highest BCUT2D eigenvalue weighted by Crippen LogP contribution is 2.31. The maximum absolute atomic E-state index is 12.1. The van der Waals surface area contributed by atoms with Gasteiger partial charge in [-0.05, 0) is 17.5 Å². The summed E-state index contributed by atoms with van der Waals surface area (Å²) in [6, 6.07) is 17.7. The Bertz CT molecular complexity index is 903. The number of carbonyl (C=O) groups is 1. The molecular formula is C20H19N3O2S. The van der Waals surface area contributed by atoms with E-state index in [0.717, 1.165) is 17.5 Å². The largest absolute Gasteiger partial charge is 0.465 e. The third kappa shape index (κ3) is 4.15. The highest BCUT2D eigenvalue weighted by molar-refractivity contribution is 7.17. The summed E-state index contributed by atoms with van der Waals surface area (Å²) in [5, 5.41) is 4.75. The second-order valence-corrected chi connectivity index (χ2v) is 6.52. The van der Waals surface area contributed by atoms with Crippen molar-refractivity contribution in [3.63, 3.8) is 0 Å². The van der Waals surface area contributed by atoms with Crippen LogP contribution in [0.4, 0.5) is 5.13 Å². The summed E-state index contributed by atoms with van der Waals surface area (Å²) in [5.41, 5.74) is 6.62. The molecule has 1 N–H and O–H groups in total. The normalized spacial score (nSPS) is 10.8. The Balaban J connectivity index is 1.80. The summed E-state index contributed by atoms with van der Waals surface area (Å²) in [7, 11) is 1.36. The third-order valence-electron chi connectivity index (χ3n) is 3.81. The Morgan fingerprint density at radius 1 is 1.19 bits per heavy atom. The minimum atomic E-state index is -0.409. The van der Waals surface area contributed by atoms with Gasteiger partial charge in [-0.25, -0.2) is 9.78 Å². The molecular weight excluding hydrogens is 346 g/mol. The lowest BCUT2D eigenvalue weighted by Gasteiger charge is -1.99. The van der Waals surface area contributed by atoms with E-state index in [-0.39, 0.29) is 0 Å². The average Bonchev–Trinajstić information content (AvgIpc) is 3.13. The fourth-order valence-electron chi connectivity index (χ4n) is 2.39. The number of esters is 1. The summed E-state index contributed by atoms with van der Waals surface area (Å²) in [4.78, 5) is 17.0. The highest BCUT2D eigenvalue weighted by atomic mass is 32.1. The quantitative estimate of drug-likeness (QED) is 0.394. The van der Waals surface area contributed by atoms with Gasteiger partial charge in [-0.3, -0.25) is 5.43 Å². The first kappa shape index (κ1) is 17.8. The Kier molecular flexibility index (Phi) is 5.76. The average molecular weight is 365 g/mol. The molecule has 0 spiro atoms. The van der Waals surface area contributed by atoms with Crippen molar-refractivity contribution in [2.24, 2.45) is 5.10 Å². The Morgan fingerprint density at radius 3 is 2.58 bits per heavy atom. The van der Waals surface area contributed by atoms with Crippen molar-refractivity contribution in [3.05, 3.63) is 70.6 Å². The Hall–Kier alpha value is -2.99. The van der Waals surface area contributed by atoms with Crippen LogP contribution >= 0.6 is 11.3 Å². The molecule has 1 heterocycles. The van der Waals surface area contributed by atoms with Gasteiger partial charge in [0.15, 0.2) is 0 Å². The lowest BCUT2D eigenvalue weighted by atomic mass is 10.1. The van der Waals surface area contributed by atoms with E-state index >= 15 is 0 Å². The van der Waals surface area contributed by atoms with Crippen molar-refractivity contribution < 1.29 is 9.53 Å². The fraction of sp³-hybridized carbons (Fsp3) is 0.150. The molecule has 5 nitrogen and oxygen atoms in total. The first-order valence-electron chi connectivity index (χ1n) is 8.24. The number of nitrogens with one attached hydrogen (secondary N) is 1. The van der Waals surface area contributed by atoms with E-state index in [1.54, 1.807) is 6.21 Å². The number of anilines is 1. The number of nitrogens with zero attached hydrogens (tertiary/aromatic N) is 2. The van der Waals surface area contributed by atoms with Crippen LogP contribution in [0.3, 0.4) is 0 Å². The van der Waals surface area contributed by atoms with E-state index in [1.807, 2.05) is 42.5 Å². The minimum absolute atomic E-state index is 0.409. The van der Waals surface area contributed by atoms with Gasteiger partial charge in [0.2, 0.25) is 5.13 Å². The van der Waals surface area contributed by atoms with Gasteiger partial charge in [-0.2, -0.15) is 5.10 Å². The van der Waals surface area contributed by atoms with Gasteiger partial charge in [-0.1, -0.05) is 72.9 Å². The third-order valence-corrected chi connectivity index (χ3v) is 4.75. The van der Waals surface area contributed by atoms with Crippen LogP contribution in [0.15, 0.2) is 59.7 Å². The predicted octanol–water partition coefficient (Wildman–Crippen LogP) is 4.61. The number of hydrogen-bond acceptors (Lipinski definition) is 6. The number of aryl methyl sites for hydroxylation is 1. The van der Waals surface area contributed by atoms with Crippen LogP contribution in [0.5, 0.6) is 0 Å². The van der Waals surface area contributed by atoms with Gasteiger partial charge < -0.3 is 4.74 Å². The van der Waals surface area contributed by atoms with Gasteiger partial charge in [0.1, 0.15) is 4.88 Å². The number of ether oxygens (including phenoxy) is 1. The zero-order valence-corrected chi connectivity index (χ0v) is 15.4. The number of rotatable bonds is 6. The van der Waals surface area contributed by atoms with Crippen molar-refractivity contribution in [1.29, 1.82) is 0 Å². The van der Waals surface area contributed by atoms with E-state index in [2.05, 4.69) is 34.6 Å². The maximum Gasteiger partial charge on any atom is 0.350 e. The summed E-state index contributed by atoms with van der Waals surface area (Å²) >= 11 is 1.22.